The van der Waals surface area contributed by atoms with E-state index in [0.29, 0.717) is 26.2 Å². The van der Waals surface area contributed by atoms with Crippen molar-refractivity contribution in [1.82, 2.24) is 14.8 Å². The topological polar surface area (TPSA) is 73.5 Å². The summed E-state index contributed by atoms with van der Waals surface area (Å²) in [5.41, 5.74) is -0.129. The van der Waals surface area contributed by atoms with Gasteiger partial charge in [0.25, 0.3) is 5.91 Å². The number of pyridine rings is 1. The van der Waals surface area contributed by atoms with Gasteiger partial charge in [-0.25, -0.2) is 0 Å². The summed E-state index contributed by atoms with van der Waals surface area (Å²) < 4.78 is 0. The second kappa shape index (κ2) is 5.69. The van der Waals surface area contributed by atoms with E-state index in [1.807, 2.05) is 0 Å². The van der Waals surface area contributed by atoms with Crippen LogP contribution in [0.4, 0.5) is 0 Å². The van der Waals surface area contributed by atoms with Crippen molar-refractivity contribution in [2.75, 3.05) is 26.2 Å². The zero-order valence-corrected chi connectivity index (χ0v) is 10.9. The highest BCUT2D eigenvalue weighted by molar-refractivity contribution is 5.93. The number of hydrogen-bond acceptors (Lipinski definition) is 3. The first-order valence-electron chi connectivity index (χ1n) is 6.31. The average Bonchev–Trinajstić information content (AvgIpc) is 2.64. The molecule has 6 heteroatoms. The van der Waals surface area contributed by atoms with Gasteiger partial charge in [0.2, 0.25) is 5.91 Å². The molecular weight excluding hydrogens is 246 g/mol. The minimum Gasteiger partial charge on any atom is -0.367 e. The number of aromatic nitrogens is 1. The number of aromatic amines is 1. The molecule has 1 aliphatic rings. The molecule has 0 radical (unpaired) electrons. The van der Waals surface area contributed by atoms with Gasteiger partial charge in [-0.15, -0.1) is 0 Å². The van der Waals surface area contributed by atoms with Crippen molar-refractivity contribution in [3.8, 4) is 0 Å². The van der Waals surface area contributed by atoms with Crippen LogP contribution in [-0.2, 0) is 4.79 Å². The predicted molar refractivity (Wildman–Crippen MR) is 69.8 cm³/mol. The van der Waals surface area contributed by atoms with E-state index >= 15 is 0 Å². The van der Waals surface area contributed by atoms with Gasteiger partial charge in [-0.05, 0) is 6.42 Å². The fourth-order valence-electron chi connectivity index (χ4n) is 2.19. The number of carbonyl (C=O) groups excluding carboxylic acids is 2. The lowest BCUT2D eigenvalue weighted by Gasteiger charge is -2.21. The van der Waals surface area contributed by atoms with Gasteiger partial charge in [-0.2, -0.15) is 0 Å². The van der Waals surface area contributed by atoms with E-state index in [2.05, 4.69) is 4.98 Å². The molecule has 0 aliphatic carbocycles. The fraction of sp³-hybridized carbons (Fsp3) is 0.462. The molecule has 0 aromatic carbocycles. The molecule has 2 rings (SSSR count). The maximum atomic E-state index is 12.3. The quantitative estimate of drug-likeness (QED) is 0.779. The Morgan fingerprint density at radius 2 is 1.84 bits per heavy atom. The van der Waals surface area contributed by atoms with Crippen molar-refractivity contribution in [3.63, 3.8) is 0 Å². The Balaban J connectivity index is 2.11. The third-order valence-corrected chi connectivity index (χ3v) is 3.28. The first kappa shape index (κ1) is 13.3. The van der Waals surface area contributed by atoms with Crippen LogP contribution in [0, 0.1) is 0 Å². The van der Waals surface area contributed by atoms with Gasteiger partial charge < -0.3 is 14.8 Å². The highest BCUT2D eigenvalue weighted by atomic mass is 16.2. The van der Waals surface area contributed by atoms with E-state index < -0.39 is 0 Å². The molecule has 6 nitrogen and oxygen atoms in total. The van der Waals surface area contributed by atoms with Crippen molar-refractivity contribution in [1.29, 1.82) is 0 Å². The van der Waals surface area contributed by atoms with Crippen molar-refractivity contribution < 1.29 is 9.59 Å². The largest absolute Gasteiger partial charge is 0.367 e. The average molecular weight is 263 g/mol. The summed E-state index contributed by atoms with van der Waals surface area (Å²) in [5, 5.41) is 0. The third-order valence-electron chi connectivity index (χ3n) is 3.28. The van der Waals surface area contributed by atoms with Crippen molar-refractivity contribution in [3.05, 3.63) is 34.2 Å². The molecular formula is C13H17N3O3. The summed E-state index contributed by atoms with van der Waals surface area (Å²) in [4.78, 5) is 41.3. The number of carbonyl (C=O) groups is 2. The van der Waals surface area contributed by atoms with Gasteiger partial charge in [0, 0.05) is 51.6 Å². The summed E-state index contributed by atoms with van der Waals surface area (Å²) >= 11 is 0. The van der Waals surface area contributed by atoms with Gasteiger partial charge in [0.15, 0.2) is 5.43 Å². The molecule has 1 aromatic rings. The summed E-state index contributed by atoms with van der Waals surface area (Å²) in [5.74, 6) is -0.251. The first-order chi connectivity index (χ1) is 9.09. The Morgan fingerprint density at radius 1 is 1.16 bits per heavy atom. The predicted octanol–water partition coefficient (Wildman–Crippen LogP) is 0.0693. The molecule has 102 valence electrons. The van der Waals surface area contributed by atoms with Crippen LogP contribution in [0.3, 0.4) is 0 Å². The third kappa shape index (κ3) is 3.01. The molecule has 1 aliphatic heterocycles. The van der Waals surface area contributed by atoms with Crippen LogP contribution in [0.1, 0.15) is 23.7 Å². The minimum atomic E-state index is -0.281. The van der Waals surface area contributed by atoms with E-state index in [4.69, 9.17) is 0 Å². The van der Waals surface area contributed by atoms with Gasteiger partial charge in [0.1, 0.15) is 5.56 Å². The van der Waals surface area contributed by atoms with E-state index in [1.165, 1.54) is 25.4 Å². The molecule has 0 spiro atoms. The number of hydrogen-bond donors (Lipinski definition) is 1. The van der Waals surface area contributed by atoms with Crippen LogP contribution in [-0.4, -0.2) is 52.8 Å². The minimum absolute atomic E-state index is 0.0202. The lowest BCUT2D eigenvalue weighted by molar-refractivity contribution is -0.128. The van der Waals surface area contributed by atoms with Gasteiger partial charge in [0.05, 0.1) is 0 Å². The molecule has 2 amide bonds. The SMILES string of the molecule is CC(=O)N1CCCN(C(=O)c2c[nH]ccc2=O)CC1. The highest BCUT2D eigenvalue weighted by Gasteiger charge is 2.22. The number of nitrogens with one attached hydrogen (secondary N) is 1. The Hall–Kier alpha value is -2.11. The lowest BCUT2D eigenvalue weighted by Crippen LogP contribution is -2.38. The van der Waals surface area contributed by atoms with Crippen LogP contribution in [0.2, 0.25) is 0 Å². The summed E-state index contributed by atoms with van der Waals surface area (Å²) in [6.07, 6.45) is 3.66. The van der Waals surface area contributed by atoms with Crippen molar-refractivity contribution in [2.45, 2.75) is 13.3 Å². The molecule has 0 atom stereocenters. The normalized spacial score (nSPS) is 16.1. The van der Waals surface area contributed by atoms with Crippen LogP contribution < -0.4 is 5.43 Å². The number of amides is 2. The van der Waals surface area contributed by atoms with Gasteiger partial charge in [-0.1, -0.05) is 0 Å². The zero-order chi connectivity index (χ0) is 13.8. The molecule has 19 heavy (non-hydrogen) atoms. The fourth-order valence-corrected chi connectivity index (χ4v) is 2.19. The van der Waals surface area contributed by atoms with Crippen LogP contribution >= 0.6 is 0 Å². The molecule has 2 heterocycles. The summed E-state index contributed by atoms with van der Waals surface area (Å²) in [6, 6.07) is 1.34. The Bertz CT molecular complexity index is 538. The molecule has 1 N–H and O–H groups in total. The Morgan fingerprint density at radius 3 is 2.53 bits per heavy atom. The number of rotatable bonds is 1. The Labute approximate surface area is 111 Å². The lowest BCUT2D eigenvalue weighted by atomic mass is 10.2. The summed E-state index contributed by atoms with van der Waals surface area (Å²) in [7, 11) is 0. The Kier molecular flexibility index (Phi) is 3.99. The maximum absolute atomic E-state index is 12.3. The van der Waals surface area contributed by atoms with Gasteiger partial charge in [-0.3, -0.25) is 14.4 Å². The standard InChI is InChI=1S/C13H17N3O3/c1-10(17)15-5-2-6-16(8-7-15)13(19)11-9-14-4-3-12(11)18/h3-4,9H,2,5-8H2,1H3,(H,14,18). The van der Waals surface area contributed by atoms with Crippen molar-refractivity contribution >= 4 is 11.8 Å². The molecule has 0 unspecified atom stereocenters. The zero-order valence-electron chi connectivity index (χ0n) is 10.9. The molecule has 1 saturated heterocycles. The number of H-pyrrole nitrogens is 1. The number of nitrogens with zero attached hydrogens (tertiary/aromatic N) is 2. The molecule has 0 bridgehead atoms. The molecule has 0 saturated carbocycles. The monoisotopic (exact) mass is 263 g/mol. The van der Waals surface area contributed by atoms with E-state index in [9.17, 15) is 14.4 Å². The van der Waals surface area contributed by atoms with E-state index in [1.54, 1.807) is 9.80 Å². The van der Waals surface area contributed by atoms with E-state index in [0.717, 1.165) is 6.42 Å². The smallest absolute Gasteiger partial charge is 0.259 e. The van der Waals surface area contributed by atoms with Crippen LogP contribution in [0.25, 0.3) is 0 Å². The van der Waals surface area contributed by atoms with Gasteiger partial charge >= 0.3 is 0 Å². The second-order valence-electron chi connectivity index (χ2n) is 4.57. The van der Waals surface area contributed by atoms with Crippen molar-refractivity contribution in [2.24, 2.45) is 0 Å². The molecule has 1 aromatic heterocycles. The van der Waals surface area contributed by atoms with Crippen LogP contribution in [0.15, 0.2) is 23.3 Å². The highest BCUT2D eigenvalue weighted by Crippen LogP contribution is 2.06. The second-order valence-corrected chi connectivity index (χ2v) is 4.57. The molecule has 1 fully saturated rings. The first-order valence-corrected chi connectivity index (χ1v) is 6.31. The summed E-state index contributed by atoms with van der Waals surface area (Å²) in [6.45, 7) is 3.74. The maximum Gasteiger partial charge on any atom is 0.259 e. The van der Waals surface area contributed by atoms with E-state index in [-0.39, 0.29) is 22.8 Å². The van der Waals surface area contributed by atoms with Crippen LogP contribution in [0.5, 0.6) is 0 Å².